The van der Waals surface area contributed by atoms with Crippen molar-refractivity contribution in [3.05, 3.63) is 35.4 Å². The molecule has 1 aliphatic carbocycles. The van der Waals surface area contributed by atoms with Crippen LogP contribution in [0.5, 0.6) is 0 Å². The van der Waals surface area contributed by atoms with Crippen molar-refractivity contribution in [1.29, 1.82) is 0 Å². The maximum absolute atomic E-state index is 13.5. The number of halogens is 2. The number of ether oxygens (including phenoxy) is 1. The maximum atomic E-state index is 13.5. The number of benzene rings is 1. The zero-order valence-electron chi connectivity index (χ0n) is 19.7. The molecule has 2 fully saturated rings. The largest absolute Gasteiger partial charge is 0.444 e. The molecular formula is C25H36F2N2O3. The summed E-state index contributed by atoms with van der Waals surface area (Å²) in [7, 11) is 0. The number of hydrogen-bond donors (Lipinski definition) is 1. The second kappa shape index (κ2) is 9.36. The first-order valence-electron chi connectivity index (χ1n) is 11.6. The molecular weight excluding hydrogens is 414 g/mol. The highest BCUT2D eigenvalue weighted by molar-refractivity contribution is 5.88. The molecule has 0 atom stereocenters. The van der Waals surface area contributed by atoms with E-state index >= 15 is 0 Å². The Hall–Kier alpha value is -2.18. The van der Waals surface area contributed by atoms with Gasteiger partial charge in [0.25, 0.3) is 0 Å². The molecule has 1 N–H and O–H groups in total. The molecule has 1 saturated carbocycles. The number of nitrogens with zero attached hydrogens (tertiary/aromatic N) is 1. The van der Waals surface area contributed by atoms with Gasteiger partial charge in [0.2, 0.25) is 11.8 Å². The summed E-state index contributed by atoms with van der Waals surface area (Å²) in [5.41, 5.74) is 0.722. The summed E-state index contributed by atoms with van der Waals surface area (Å²) in [6.45, 7) is 8.76. The molecule has 5 nitrogen and oxygen atoms in total. The Morgan fingerprint density at radius 1 is 1.06 bits per heavy atom. The van der Waals surface area contributed by atoms with Gasteiger partial charge in [0.1, 0.15) is 5.60 Å². The summed E-state index contributed by atoms with van der Waals surface area (Å²) in [6, 6.07) is 7.96. The number of nitrogens with one attached hydrogen (secondary N) is 1. The molecule has 0 spiro atoms. The standard InChI is InChI=1S/C25H36F2N2O3/c1-18-5-7-20(8-6-18)24(13-15-29(16-14-24)22(31)32-23(2,3)4)21(30)28-17-19-9-11-25(26,27)12-10-19/h5-8,19H,9-17H2,1-4H3,(H,28,30). The number of hydrogen-bond acceptors (Lipinski definition) is 3. The van der Waals surface area contributed by atoms with Gasteiger partial charge in [-0.3, -0.25) is 4.79 Å². The van der Waals surface area contributed by atoms with Crippen LogP contribution in [-0.4, -0.2) is 48.1 Å². The van der Waals surface area contributed by atoms with Crippen molar-refractivity contribution in [3.63, 3.8) is 0 Å². The minimum Gasteiger partial charge on any atom is -0.444 e. The number of amides is 2. The number of piperidine rings is 1. The van der Waals surface area contributed by atoms with Crippen LogP contribution in [0.15, 0.2) is 24.3 Å². The minimum atomic E-state index is -2.57. The molecule has 0 bridgehead atoms. The van der Waals surface area contributed by atoms with Gasteiger partial charge < -0.3 is 15.0 Å². The van der Waals surface area contributed by atoms with Crippen molar-refractivity contribution in [2.45, 2.75) is 83.2 Å². The third kappa shape index (κ3) is 5.99. The van der Waals surface area contributed by atoms with Gasteiger partial charge in [-0.15, -0.1) is 0 Å². The van der Waals surface area contributed by atoms with E-state index in [1.807, 2.05) is 52.0 Å². The number of carbonyl (C=O) groups excluding carboxylic acids is 2. The molecule has 7 heteroatoms. The summed E-state index contributed by atoms with van der Waals surface area (Å²) in [5.74, 6) is -2.57. The van der Waals surface area contributed by atoms with Crippen LogP contribution in [0.1, 0.15) is 70.4 Å². The molecule has 178 valence electrons. The van der Waals surface area contributed by atoms with Gasteiger partial charge in [0.15, 0.2) is 0 Å². The van der Waals surface area contributed by atoms with Crippen LogP contribution >= 0.6 is 0 Å². The third-order valence-corrected chi connectivity index (χ3v) is 6.70. The van der Waals surface area contributed by atoms with Crippen molar-refractivity contribution < 1.29 is 23.1 Å². The lowest BCUT2D eigenvalue weighted by Gasteiger charge is -2.41. The van der Waals surface area contributed by atoms with E-state index in [1.165, 1.54) is 0 Å². The Morgan fingerprint density at radius 3 is 2.16 bits per heavy atom. The Bertz CT molecular complexity index is 799. The van der Waals surface area contributed by atoms with Gasteiger partial charge >= 0.3 is 6.09 Å². The predicted octanol–water partition coefficient (Wildman–Crippen LogP) is 5.21. The molecule has 1 heterocycles. The number of rotatable bonds is 4. The molecule has 0 aromatic heterocycles. The maximum Gasteiger partial charge on any atom is 0.410 e. The highest BCUT2D eigenvalue weighted by Crippen LogP contribution is 2.38. The smallest absolute Gasteiger partial charge is 0.410 e. The number of carbonyl (C=O) groups is 2. The quantitative estimate of drug-likeness (QED) is 0.686. The third-order valence-electron chi connectivity index (χ3n) is 6.70. The first-order chi connectivity index (χ1) is 14.9. The lowest BCUT2D eigenvalue weighted by Crippen LogP contribution is -2.54. The molecule has 0 unspecified atom stereocenters. The molecule has 0 radical (unpaired) electrons. The average molecular weight is 451 g/mol. The number of likely N-dealkylation sites (tertiary alicyclic amines) is 1. The van der Waals surface area contributed by atoms with Gasteiger partial charge in [0, 0.05) is 32.5 Å². The Kier molecular flexibility index (Phi) is 7.15. The Labute approximate surface area is 189 Å². The van der Waals surface area contributed by atoms with Gasteiger partial charge in [-0.2, -0.15) is 0 Å². The van der Waals surface area contributed by atoms with E-state index in [2.05, 4.69) is 5.32 Å². The highest BCUT2D eigenvalue weighted by atomic mass is 19.3. The lowest BCUT2D eigenvalue weighted by atomic mass is 9.71. The Morgan fingerprint density at radius 2 is 1.62 bits per heavy atom. The molecule has 3 rings (SSSR count). The second-order valence-electron chi connectivity index (χ2n) is 10.4. The van der Waals surface area contributed by atoms with Crippen LogP contribution in [0, 0.1) is 12.8 Å². The van der Waals surface area contributed by atoms with E-state index in [9.17, 15) is 18.4 Å². The van der Waals surface area contributed by atoms with E-state index in [0.29, 0.717) is 45.3 Å². The molecule has 1 saturated heterocycles. The summed E-state index contributed by atoms with van der Waals surface area (Å²) in [4.78, 5) is 27.7. The summed E-state index contributed by atoms with van der Waals surface area (Å²) in [5, 5.41) is 3.07. The lowest BCUT2D eigenvalue weighted by molar-refractivity contribution is -0.129. The SMILES string of the molecule is Cc1ccc(C2(C(=O)NCC3CCC(F)(F)CC3)CCN(C(=O)OC(C)(C)C)CC2)cc1. The zero-order chi connectivity index (χ0) is 23.6. The van der Waals surface area contributed by atoms with Crippen LogP contribution in [0.25, 0.3) is 0 Å². The van der Waals surface area contributed by atoms with Gasteiger partial charge in [0.05, 0.1) is 5.41 Å². The van der Waals surface area contributed by atoms with Crippen molar-refractivity contribution in [2.75, 3.05) is 19.6 Å². The van der Waals surface area contributed by atoms with Crippen LogP contribution in [0.3, 0.4) is 0 Å². The highest BCUT2D eigenvalue weighted by Gasteiger charge is 2.44. The molecule has 1 aromatic rings. The fourth-order valence-corrected chi connectivity index (χ4v) is 4.63. The number of aryl methyl sites for hydroxylation is 1. The summed E-state index contributed by atoms with van der Waals surface area (Å²) < 4.78 is 32.4. The van der Waals surface area contributed by atoms with E-state index in [-0.39, 0.29) is 30.8 Å². The fourth-order valence-electron chi connectivity index (χ4n) is 4.63. The monoisotopic (exact) mass is 450 g/mol. The van der Waals surface area contributed by atoms with E-state index < -0.39 is 16.9 Å². The molecule has 2 amide bonds. The zero-order valence-corrected chi connectivity index (χ0v) is 19.7. The summed E-state index contributed by atoms with van der Waals surface area (Å²) >= 11 is 0. The van der Waals surface area contributed by atoms with E-state index in [0.717, 1.165) is 11.1 Å². The first-order valence-corrected chi connectivity index (χ1v) is 11.6. The van der Waals surface area contributed by atoms with Gasteiger partial charge in [-0.25, -0.2) is 13.6 Å². The van der Waals surface area contributed by atoms with Gasteiger partial charge in [-0.1, -0.05) is 29.8 Å². The summed E-state index contributed by atoms with van der Waals surface area (Å²) in [6.07, 6.45) is 1.25. The second-order valence-corrected chi connectivity index (χ2v) is 10.4. The fraction of sp³-hybridized carbons (Fsp3) is 0.680. The normalized spacial score (nSPS) is 21.1. The van der Waals surface area contributed by atoms with Gasteiger partial charge in [-0.05, 0) is 64.9 Å². The van der Waals surface area contributed by atoms with E-state index in [4.69, 9.17) is 4.74 Å². The first kappa shape index (κ1) is 24.5. The topological polar surface area (TPSA) is 58.6 Å². The Balaban J connectivity index is 1.70. The molecule has 2 aliphatic rings. The van der Waals surface area contributed by atoms with Crippen molar-refractivity contribution >= 4 is 12.0 Å². The van der Waals surface area contributed by atoms with Crippen LogP contribution in [0.2, 0.25) is 0 Å². The predicted molar refractivity (Wildman–Crippen MR) is 120 cm³/mol. The molecule has 1 aliphatic heterocycles. The number of alkyl halides is 2. The average Bonchev–Trinajstić information content (AvgIpc) is 2.72. The minimum absolute atomic E-state index is 0.0792. The van der Waals surface area contributed by atoms with Crippen LogP contribution < -0.4 is 5.32 Å². The molecule has 32 heavy (non-hydrogen) atoms. The van der Waals surface area contributed by atoms with Crippen molar-refractivity contribution in [2.24, 2.45) is 5.92 Å². The molecule has 1 aromatic carbocycles. The van der Waals surface area contributed by atoms with Crippen molar-refractivity contribution in [3.8, 4) is 0 Å². The van der Waals surface area contributed by atoms with Crippen LogP contribution in [0.4, 0.5) is 13.6 Å². The van der Waals surface area contributed by atoms with Crippen LogP contribution in [-0.2, 0) is 14.9 Å². The van der Waals surface area contributed by atoms with E-state index in [1.54, 1.807) is 4.90 Å². The van der Waals surface area contributed by atoms with Crippen molar-refractivity contribution in [1.82, 2.24) is 10.2 Å².